The van der Waals surface area contributed by atoms with Crippen LogP contribution in [0.3, 0.4) is 0 Å². The van der Waals surface area contributed by atoms with E-state index < -0.39 is 39.1 Å². The van der Waals surface area contributed by atoms with Crippen molar-refractivity contribution in [2.45, 2.75) is 95.5 Å². The van der Waals surface area contributed by atoms with Crippen molar-refractivity contribution in [1.29, 1.82) is 0 Å². The molecule has 0 aliphatic heterocycles. The minimum atomic E-state index is -3.96. The highest BCUT2D eigenvalue weighted by atomic mass is 32.2. The number of rotatable bonds is 12. The monoisotopic (exact) mass is 489 g/mol. The predicted molar refractivity (Wildman–Crippen MR) is 130 cm³/mol. The van der Waals surface area contributed by atoms with Crippen molar-refractivity contribution < 1.29 is 22.2 Å². The molecule has 1 unspecified atom stereocenters. The fourth-order valence-electron chi connectivity index (χ4n) is 3.19. The Kier molecular flexibility index (Phi) is 10.8. The summed E-state index contributed by atoms with van der Waals surface area (Å²) in [5.74, 6) is -0.570. The second kappa shape index (κ2) is 12.1. The number of carbonyl (C=O) groups excluding carboxylic acids is 1. The first-order valence-corrected chi connectivity index (χ1v) is 13.5. The molecule has 0 fully saturated rings. The fourth-order valence-corrected chi connectivity index (χ4v) is 5.83. The zero-order valence-electron chi connectivity index (χ0n) is 20.3. The number of esters is 1. The largest absolute Gasteiger partial charge is 0.465 e. The predicted octanol–water partition coefficient (Wildman–Crippen LogP) is 3.21. The van der Waals surface area contributed by atoms with Gasteiger partial charge < -0.3 is 10.5 Å². The lowest BCUT2D eigenvalue weighted by atomic mass is 10.1. The van der Waals surface area contributed by atoms with Crippen molar-refractivity contribution in [3.8, 4) is 0 Å². The average molecular weight is 490 g/mol. The number of hydrogen-bond acceptors (Lipinski definition) is 6. The van der Waals surface area contributed by atoms with Gasteiger partial charge in [-0.2, -0.15) is 4.31 Å². The lowest BCUT2D eigenvalue weighted by Crippen LogP contribution is -2.49. The topological polar surface area (TPSA) is 119 Å². The molecule has 0 spiro atoms. The lowest BCUT2D eigenvalue weighted by molar-refractivity contribution is -0.148. The van der Waals surface area contributed by atoms with Gasteiger partial charge in [-0.05, 0) is 92.0 Å². The molecule has 3 N–H and O–H groups in total. The second-order valence-corrected chi connectivity index (χ2v) is 12.9. The number of anilines is 1. The van der Waals surface area contributed by atoms with Crippen LogP contribution in [0.25, 0.3) is 0 Å². The van der Waals surface area contributed by atoms with E-state index in [1.165, 1.54) is 28.6 Å². The average Bonchev–Trinajstić information content (AvgIpc) is 2.66. The number of nitrogens with zero attached hydrogens (tertiary/aromatic N) is 1. The molecule has 1 aromatic carbocycles. The number of nitrogen functional groups attached to an aromatic ring is 1. The van der Waals surface area contributed by atoms with Crippen LogP contribution < -0.4 is 10.5 Å². The molecule has 1 rings (SSSR count). The molecular weight excluding hydrogens is 450 g/mol. The molecule has 10 heteroatoms. The molecule has 0 radical (unpaired) electrons. The summed E-state index contributed by atoms with van der Waals surface area (Å²) in [6.07, 6.45) is 1.48. The molecule has 1 aromatic rings. The zero-order valence-corrected chi connectivity index (χ0v) is 21.9. The van der Waals surface area contributed by atoms with Gasteiger partial charge in [0.15, 0.2) is 0 Å². The van der Waals surface area contributed by atoms with Crippen LogP contribution in [0.1, 0.15) is 67.7 Å². The molecule has 32 heavy (non-hydrogen) atoms. The van der Waals surface area contributed by atoms with Crippen LogP contribution >= 0.6 is 0 Å². The molecular formula is C22H39N3O5S2. The quantitative estimate of drug-likeness (QED) is 0.344. The summed E-state index contributed by atoms with van der Waals surface area (Å²) in [5, 5.41) is 0. The first kappa shape index (κ1) is 28.5. The first-order valence-electron chi connectivity index (χ1n) is 11.0. The maximum Gasteiger partial charge on any atom is 0.324 e. The Labute approximate surface area is 195 Å². The van der Waals surface area contributed by atoms with Crippen molar-refractivity contribution in [1.82, 2.24) is 9.03 Å². The maximum absolute atomic E-state index is 13.4. The Morgan fingerprint density at radius 1 is 1.16 bits per heavy atom. The number of nitrogens with two attached hydrogens (primary N) is 1. The van der Waals surface area contributed by atoms with E-state index in [-0.39, 0.29) is 22.3 Å². The normalized spacial score (nSPS) is 15.5. The number of hydrogen-bond donors (Lipinski definition) is 2. The Bertz CT molecular complexity index is 865. The number of sulfonamides is 1. The number of benzene rings is 1. The highest BCUT2D eigenvalue weighted by Gasteiger charge is 2.38. The summed E-state index contributed by atoms with van der Waals surface area (Å²) in [6.45, 7) is 12.9. The molecule has 0 heterocycles. The fraction of sp³-hybridized carbons (Fsp3) is 0.682. The summed E-state index contributed by atoms with van der Waals surface area (Å²) in [7, 11) is -5.16. The van der Waals surface area contributed by atoms with Gasteiger partial charge in [0, 0.05) is 17.8 Å². The van der Waals surface area contributed by atoms with Crippen LogP contribution in [0.2, 0.25) is 0 Å². The summed E-state index contributed by atoms with van der Waals surface area (Å²) < 4.78 is 48.3. The molecule has 3 atom stereocenters. The van der Waals surface area contributed by atoms with Gasteiger partial charge in [-0.15, -0.1) is 0 Å². The van der Waals surface area contributed by atoms with Crippen LogP contribution in [0.5, 0.6) is 0 Å². The van der Waals surface area contributed by atoms with Gasteiger partial charge in [0.1, 0.15) is 6.04 Å². The van der Waals surface area contributed by atoms with Crippen LogP contribution in [0.4, 0.5) is 5.69 Å². The SMILES string of the molecule is CCOC(=O)[C@H](CCC[C@H](C)NS(=O)C(C)(C)C)N(C(C)C)S(=O)(=O)c1ccc(N)cc1. The third kappa shape index (κ3) is 8.13. The van der Waals surface area contributed by atoms with Gasteiger partial charge in [0.05, 0.1) is 27.2 Å². The smallest absolute Gasteiger partial charge is 0.324 e. The van der Waals surface area contributed by atoms with Crippen LogP contribution in [-0.4, -0.2) is 52.4 Å². The first-order chi connectivity index (χ1) is 14.7. The molecule has 0 amide bonds. The summed E-state index contributed by atoms with van der Waals surface area (Å²) in [5.41, 5.74) is 6.15. The number of ether oxygens (including phenoxy) is 1. The van der Waals surface area contributed by atoms with Crippen molar-refractivity contribution in [3.63, 3.8) is 0 Å². The molecule has 0 aliphatic rings. The molecule has 0 aliphatic carbocycles. The van der Waals surface area contributed by atoms with Gasteiger partial charge in [0.2, 0.25) is 10.0 Å². The Balaban J connectivity index is 3.07. The van der Waals surface area contributed by atoms with Gasteiger partial charge in [-0.1, -0.05) is 0 Å². The number of nitrogens with one attached hydrogen (secondary N) is 1. The molecule has 0 saturated heterocycles. The lowest BCUT2D eigenvalue weighted by Gasteiger charge is -2.32. The standard InChI is InChI=1S/C22H39N3O5S2/c1-8-30-21(26)20(11-9-10-17(4)24-31(27)22(5,6)7)25(16(2)3)32(28,29)19-14-12-18(23)13-15-19/h12-17,20,24H,8-11,23H2,1-7H3/t17-,20-,31?/m0/s1. The maximum atomic E-state index is 13.4. The summed E-state index contributed by atoms with van der Waals surface area (Å²) in [4.78, 5) is 12.9. The van der Waals surface area contributed by atoms with Crippen molar-refractivity contribution in [2.75, 3.05) is 12.3 Å². The van der Waals surface area contributed by atoms with Crippen LogP contribution in [-0.2, 0) is 30.5 Å². The van der Waals surface area contributed by atoms with E-state index in [9.17, 15) is 17.4 Å². The van der Waals surface area contributed by atoms with Gasteiger partial charge >= 0.3 is 5.97 Å². The van der Waals surface area contributed by atoms with Gasteiger partial charge in [-0.25, -0.2) is 17.3 Å². The molecule has 0 aromatic heterocycles. The Morgan fingerprint density at radius 3 is 2.19 bits per heavy atom. The summed E-state index contributed by atoms with van der Waals surface area (Å²) >= 11 is 0. The van der Waals surface area contributed by atoms with Crippen molar-refractivity contribution >= 4 is 32.7 Å². The molecule has 0 bridgehead atoms. The van der Waals surface area contributed by atoms with Crippen molar-refractivity contribution in [2.24, 2.45) is 0 Å². The van der Waals surface area contributed by atoms with E-state index >= 15 is 0 Å². The van der Waals surface area contributed by atoms with Crippen LogP contribution in [0.15, 0.2) is 29.2 Å². The highest BCUT2D eigenvalue weighted by molar-refractivity contribution is 7.89. The van der Waals surface area contributed by atoms with E-state index in [1.807, 2.05) is 27.7 Å². The second-order valence-electron chi connectivity index (χ2n) is 9.10. The zero-order chi connectivity index (χ0) is 24.7. The van der Waals surface area contributed by atoms with Crippen molar-refractivity contribution in [3.05, 3.63) is 24.3 Å². The van der Waals surface area contributed by atoms with E-state index in [1.54, 1.807) is 20.8 Å². The Hall–Kier alpha value is -1.49. The van der Waals surface area contributed by atoms with Crippen LogP contribution in [0, 0.1) is 0 Å². The van der Waals surface area contributed by atoms with Gasteiger partial charge in [0.25, 0.3) is 0 Å². The number of carbonyl (C=O) groups is 1. The third-order valence-corrected chi connectivity index (χ3v) is 8.64. The third-order valence-electron chi connectivity index (χ3n) is 4.81. The summed E-state index contributed by atoms with van der Waals surface area (Å²) in [6, 6.07) is 4.44. The van der Waals surface area contributed by atoms with E-state index in [4.69, 9.17) is 10.5 Å². The minimum Gasteiger partial charge on any atom is -0.465 e. The van der Waals surface area contributed by atoms with E-state index in [2.05, 4.69) is 4.72 Å². The molecule has 8 nitrogen and oxygen atoms in total. The Morgan fingerprint density at radius 2 is 1.72 bits per heavy atom. The van der Waals surface area contributed by atoms with E-state index in [0.717, 1.165) is 0 Å². The minimum absolute atomic E-state index is 0.0564. The van der Waals surface area contributed by atoms with Gasteiger partial charge in [-0.3, -0.25) is 4.79 Å². The molecule has 0 saturated carbocycles. The van der Waals surface area contributed by atoms with E-state index in [0.29, 0.717) is 24.9 Å². The highest BCUT2D eigenvalue weighted by Crippen LogP contribution is 2.25. The molecule has 184 valence electrons.